The maximum atomic E-state index is 12.4. The van der Waals surface area contributed by atoms with E-state index < -0.39 is 5.97 Å². The van der Waals surface area contributed by atoms with Crippen LogP contribution in [0.15, 0.2) is 53.0 Å². The number of nitrogens with zero attached hydrogens (tertiary/aromatic N) is 1. The van der Waals surface area contributed by atoms with Gasteiger partial charge in [-0.05, 0) is 35.9 Å². The molecule has 3 rings (SSSR count). The fraction of sp³-hybridized carbons (Fsp3) is 0.300. The number of halogens is 1. The lowest BCUT2D eigenvalue weighted by Crippen LogP contribution is -2.42. The Morgan fingerprint density at radius 1 is 1.26 bits per heavy atom. The van der Waals surface area contributed by atoms with Crippen LogP contribution in [0.5, 0.6) is 0 Å². The monoisotopic (exact) mass is 432 g/mol. The maximum absolute atomic E-state index is 12.4. The first kappa shape index (κ1) is 19.5. The number of hydrogen-bond donors (Lipinski definition) is 1. The molecule has 1 amide bonds. The fourth-order valence-electron chi connectivity index (χ4n) is 2.97. The van der Waals surface area contributed by atoms with Crippen LogP contribution in [-0.4, -0.2) is 50.1 Å². The molecule has 0 spiro atoms. The number of amides is 1. The second kappa shape index (κ2) is 9.12. The third-order valence-corrected chi connectivity index (χ3v) is 4.86. The third kappa shape index (κ3) is 5.38. The van der Waals surface area contributed by atoms with Gasteiger partial charge in [0.05, 0.1) is 31.9 Å². The van der Waals surface area contributed by atoms with Gasteiger partial charge in [-0.15, -0.1) is 0 Å². The lowest BCUT2D eigenvalue weighted by Gasteiger charge is -2.32. The van der Waals surface area contributed by atoms with E-state index in [-0.39, 0.29) is 18.6 Å². The molecule has 0 aliphatic carbocycles. The summed E-state index contributed by atoms with van der Waals surface area (Å²) in [5, 5.41) is 2.84. The van der Waals surface area contributed by atoms with Crippen molar-refractivity contribution in [3.05, 3.63) is 64.1 Å². The number of nitrogens with one attached hydrogen (secondary N) is 1. The standard InChI is InChI=1S/C20H21BrN2O4/c1-26-20(25)15-3-2-4-17(11-15)22-19(24)13-23-9-10-27-18(12-23)14-5-7-16(21)8-6-14/h2-8,11,18H,9-10,12-13H2,1H3,(H,22,24). The summed E-state index contributed by atoms with van der Waals surface area (Å²) in [7, 11) is 1.33. The minimum absolute atomic E-state index is 0.0534. The van der Waals surface area contributed by atoms with Gasteiger partial charge in [-0.3, -0.25) is 9.69 Å². The molecule has 2 aromatic rings. The number of rotatable bonds is 5. The molecule has 6 nitrogen and oxygen atoms in total. The number of carbonyl (C=O) groups is 2. The zero-order valence-electron chi connectivity index (χ0n) is 15.0. The molecule has 1 fully saturated rings. The molecule has 0 bridgehead atoms. The first-order valence-electron chi connectivity index (χ1n) is 8.63. The van der Waals surface area contributed by atoms with Crippen molar-refractivity contribution in [1.82, 2.24) is 4.90 Å². The van der Waals surface area contributed by atoms with Crippen molar-refractivity contribution in [3.8, 4) is 0 Å². The number of anilines is 1. The van der Waals surface area contributed by atoms with Crippen molar-refractivity contribution in [2.24, 2.45) is 0 Å². The van der Waals surface area contributed by atoms with Gasteiger partial charge in [-0.1, -0.05) is 34.1 Å². The zero-order chi connectivity index (χ0) is 19.2. The Labute approximate surface area is 166 Å². The van der Waals surface area contributed by atoms with Crippen molar-refractivity contribution < 1.29 is 19.1 Å². The Morgan fingerprint density at radius 3 is 2.78 bits per heavy atom. The summed E-state index contributed by atoms with van der Waals surface area (Å²) in [6.07, 6.45) is -0.0534. The summed E-state index contributed by atoms with van der Waals surface area (Å²) in [6.45, 7) is 2.19. The van der Waals surface area contributed by atoms with Crippen molar-refractivity contribution in [1.29, 1.82) is 0 Å². The SMILES string of the molecule is COC(=O)c1cccc(NC(=O)CN2CCOC(c3ccc(Br)cc3)C2)c1. The normalized spacial score (nSPS) is 17.3. The van der Waals surface area contributed by atoms with Gasteiger partial charge in [0.1, 0.15) is 0 Å². The highest BCUT2D eigenvalue weighted by atomic mass is 79.9. The first-order chi connectivity index (χ1) is 13.0. The van der Waals surface area contributed by atoms with Crippen LogP contribution in [0, 0.1) is 0 Å². The lowest BCUT2D eigenvalue weighted by atomic mass is 10.1. The molecule has 7 heteroatoms. The van der Waals surface area contributed by atoms with Gasteiger partial charge in [0.25, 0.3) is 0 Å². The van der Waals surface area contributed by atoms with Crippen LogP contribution < -0.4 is 5.32 Å². The van der Waals surface area contributed by atoms with Gasteiger partial charge in [-0.2, -0.15) is 0 Å². The molecule has 0 saturated carbocycles. The van der Waals surface area contributed by atoms with Gasteiger partial charge < -0.3 is 14.8 Å². The largest absolute Gasteiger partial charge is 0.465 e. The average Bonchev–Trinajstić information content (AvgIpc) is 2.68. The smallest absolute Gasteiger partial charge is 0.337 e. The molecule has 142 valence electrons. The summed E-state index contributed by atoms with van der Waals surface area (Å²) in [5.41, 5.74) is 2.06. The Morgan fingerprint density at radius 2 is 2.04 bits per heavy atom. The molecule has 1 unspecified atom stereocenters. The van der Waals surface area contributed by atoms with E-state index in [1.165, 1.54) is 7.11 Å². The van der Waals surface area contributed by atoms with Crippen LogP contribution in [0.2, 0.25) is 0 Å². The molecular formula is C20H21BrN2O4. The van der Waals surface area contributed by atoms with Crippen LogP contribution in [0.1, 0.15) is 22.0 Å². The van der Waals surface area contributed by atoms with Crippen molar-refractivity contribution in [2.75, 3.05) is 38.7 Å². The average molecular weight is 433 g/mol. The molecule has 27 heavy (non-hydrogen) atoms. The van der Waals surface area contributed by atoms with Crippen LogP contribution in [-0.2, 0) is 14.3 Å². The molecular weight excluding hydrogens is 412 g/mol. The number of carbonyl (C=O) groups excluding carboxylic acids is 2. The number of esters is 1. The highest BCUT2D eigenvalue weighted by Gasteiger charge is 2.23. The van der Waals surface area contributed by atoms with Gasteiger partial charge >= 0.3 is 5.97 Å². The van der Waals surface area contributed by atoms with E-state index in [2.05, 4.69) is 26.1 Å². The van der Waals surface area contributed by atoms with Gasteiger partial charge in [0, 0.05) is 23.2 Å². The minimum atomic E-state index is -0.434. The van der Waals surface area contributed by atoms with E-state index in [0.717, 1.165) is 10.0 Å². The van der Waals surface area contributed by atoms with E-state index in [9.17, 15) is 9.59 Å². The molecule has 1 aliphatic heterocycles. The van der Waals surface area contributed by atoms with Crippen molar-refractivity contribution >= 4 is 33.5 Å². The van der Waals surface area contributed by atoms with Crippen LogP contribution in [0.4, 0.5) is 5.69 Å². The number of ether oxygens (including phenoxy) is 2. The molecule has 1 atom stereocenters. The molecule has 1 saturated heterocycles. The summed E-state index contributed by atoms with van der Waals surface area (Å²) in [4.78, 5) is 26.1. The Balaban J connectivity index is 1.57. The fourth-order valence-corrected chi connectivity index (χ4v) is 3.23. The number of hydrogen-bond acceptors (Lipinski definition) is 5. The van der Waals surface area contributed by atoms with Crippen LogP contribution >= 0.6 is 15.9 Å². The predicted molar refractivity (Wildman–Crippen MR) is 106 cm³/mol. The number of benzene rings is 2. The second-order valence-electron chi connectivity index (χ2n) is 6.27. The van der Waals surface area contributed by atoms with E-state index in [1.54, 1.807) is 24.3 Å². The van der Waals surface area contributed by atoms with E-state index >= 15 is 0 Å². The predicted octanol–water partition coefficient (Wildman–Crippen LogP) is 3.25. The van der Waals surface area contributed by atoms with E-state index in [0.29, 0.717) is 30.9 Å². The van der Waals surface area contributed by atoms with Crippen molar-refractivity contribution in [3.63, 3.8) is 0 Å². The lowest BCUT2D eigenvalue weighted by molar-refractivity contribution is -0.119. The molecule has 0 radical (unpaired) electrons. The number of morpholine rings is 1. The molecule has 0 aromatic heterocycles. The minimum Gasteiger partial charge on any atom is -0.465 e. The Hall–Kier alpha value is -2.22. The van der Waals surface area contributed by atoms with Gasteiger partial charge in [-0.25, -0.2) is 4.79 Å². The summed E-state index contributed by atoms with van der Waals surface area (Å²) >= 11 is 3.43. The molecule has 2 aromatic carbocycles. The molecule has 1 N–H and O–H groups in total. The van der Waals surface area contributed by atoms with Crippen LogP contribution in [0.25, 0.3) is 0 Å². The molecule has 1 aliphatic rings. The maximum Gasteiger partial charge on any atom is 0.337 e. The summed E-state index contributed by atoms with van der Waals surface area (Å²) < 4.78 is 11.6. The zero-order valence-corrected chi connectivity index (χ0v) is 16.6. The van der Waals surface area contributed by atoms with Crippen molar-refractivity contribution in [2.45, 2.75) is 6.10 Å². The van der Waals surface area contributed by atoms with E-state index in [4.69, 9.17) is 9.47 Å². The third-order valence-electron chi connectivity index (χ3n) is 4.33. The quantitative estimate of drug-likeness (QED) is 0.734. The van der Waals surface area contributed by atoms with Gasteiger partial charge in [0.15, 0.2) is 0 Å². The summed E-state index contributed by atoms with van der Waals surface area (Å²) in [6, 6.07) is 14.7. The Kier molecular flexibility index (Phi) is 6.60. The number of methoxy groups -OCH3 is 1. The summed E-state index contributed by atoms with van der Waals surface area (Å²) in [5.74, 6) is -0.565. The van der Waals surface area contributed by atoms with Crippen LogP contribution in [0.3, 0.4) is 0 Å². The molecule has 1 heterocycles. The Bertz CT molecular complexity index is 810. The van der Waals surface area contributed by atoms with E-state index in [1.807, 2.05) is 24.3 Å². The highest BCUT2D eigenvalue weighted by molar-refractivity contribution is 9.10. The van der Waals surface area contributed by atoms with Gasteiger partial charge in [0.2, 0.25) is 5.91 Å². The topological polar surface area (TPSA) is 67.9 Å². The highest BCUT2D eigenvalue weighted by Crippen LogP contribution is 2.23. The second-order valence-corrected chi connectivity index (χ2v) is 7.18. The first-order valence-corrected chi connectivity index (χ1v) is 9.42.